The molecule has 0 saturated heterocycles. The fourth-order valence-corrected chi connectivity index (χ4v) is 5.33. The minimum absolute atomic E-state index is 0.178. The van der Waals surface area contributed by atoms with Crippen LogP contribution in [0, 0.1) is 10.8 Å². The lowest BCUT2D eigenvalue weighted by molar-refractivity contribution is -0.189. The van der Waals surface area contributed by atoms with Gasteiger partial charge in [0.1, 0.15) is 0 Å². The van der Waals surface area contributed by atoms with Crippen LogP contribution in [0.15, 0.2) is 6.20 Å². The Morgan fingerprint density at radius 1 is 1.33 bits per heavy atom. The van der Waals surface area contributed by atoms with E-state index in [1.807, 2.05) is 0 Å². The first-order chi connectivity index (χ1) is 11.4. The third-order valence-corrected chi connectivity index (χ3v) is 6.11. The number of aliphatic hydroxyl groups excluding tert-OH is 1. The number of hydrogen-bond acceptors (Lipinski definition) is 5. The lowest BCUT2D eigenvalue weighted by Gasteiger charge is -2.70. The van der Waals surface area contributed by atoms with Gasteiger partial charge in [0, 0.05) is 12.2 Å². The molecular weight excluding hydrogens is 304 g/mol. The summed E-state index contributed by atoms with van der Waals surface area (Å²) in [6, 6.07) is 0.287. The average molecular weight is 330 g/mol. The first-order valence-electron chi connectivity index (χ1n) is 8.97. The molecule has 24 heavy (non-hydrogen) atoms. The Bertz CT molecular complexity index is 647. The van der Waals surface area contributed by atoms with Crippen molar-refractivity contribution < 1.29 is 9.90 Å². The first-order valence-corrected chi connectivity index (χ1v) is 8.97. The molecule has 0 atom stereocenters. The highest BCUT2D eigenvalue weighted by atomic mass is 16.3. The van der Waals surface area contributed by atoms with Crippen LogP contribution in [0.5, 0.6) is 0 Å². The van der Waals surface area contributed by atoms with Crippen molar-refractivity contribution in [3.8, 4) is 0 Å². The second-order valence-electron chi connectivity index (χ2n) is 8.59. The van der Waals surface area contributed by atoms with Gasteiger partial charge in [0.05, 0.1) is 17.4 Å². The van der Waals surface area contributed by atoms with E-state index in [0.29, 0.717) is 22.3 Å². The number of nitrogens with two attached hydrogens (primary N) is 1. The topological polar surface area (TPSA) is 101 Å². The summed E-state index contributed by atoms with van der Waals surface area (Å²) in [5, 5.41) is 13.0. The number of aromatic nitrogens is 2. The largest absolute Gasteiger partial charge is 0.393 e. The van der Waals surface area contributed by atoms with Gasteiger partial charge in [-0.15, -0.1) is 0 Å². The summed E-state index contributed by atoms with van der Waals surface area (Å²) < 4.78 is 0. The second kappa shape index (κ2) is 5.41. The normalized spacial score (nSPS) is 37.2. The molecule has 4 N–H and O–H groups in total. The number of amides is 1. The van der Waals surface area contributed by atoms with E-state index in [4.69, 9.17) is 5.73 Å². The number of hydrogen-bond donors (Lipinski definition) is 3. The third kappa shape index (κ3) is 2.77. The van der Waals surface area contributed by atoms with Crippen molar-refractivity contribution in [3.05, 3.63) is 17.5 Å². The first kappa shape index (κ1) is 15.8. The van der Waals surface area contributed by atoms with E-state index in [1.165, 1.54) is 19.3 Å². The minimum Gasteiger partial charge on any atom is -0.393 e. The van der Waals surface area contributed by atoms with Gasteiger partial charge in [-0.2, -0.15) is 0 Å². The van der Waals surface area contributed by atoms with Crippen molar-refractivity contribution in [2.45, 2.75) is 70.4 Å². The zero-order valence-corrected chi connectivity index (χ0v) is 14.2. The van der Waals surface area contributed by atoms with Crippen molar-refractivity contribution in [3.63, 3.8) is 0 Å². The fourth-order valence-electron chi connectivity index (χ4n) is 5.33. The van der Waals surface area contributed by atoms with E-state index in [1.54, 1.807) is 6.20 Å². The molecule has 1 amide bonds. The molecule has 2 bridgehead atoms. The average Bonchev–Trinajstić information content (AvgIpc) is 2.47. The lowest BCUT2D eigenvalue weighted by Crippen LogP contribution is -2.61. The van der Waals surface area contributed by atoms with Gasteiger partial charge in [-0.25, -0.2) is 9.97 Å². The minimum atomic E-state index is -0.449. The fraction of sp³-hybridized carbons (Fsp3) is 0.722. The summed E-state index contributed by atoms with van der Waals surface area (Å²) in [6.45, 7) is 2.33. The summed E-state index contributed by atoms with van der Waals surface area (Å²) in [4.78, 5) is 20.6. The molecular formula is C18H26N4O2. The molecule has 4 fully saturated rings. The predicted molar refractivity (Wildman–Crippen MR) is 90.5 cm³/mol. The summed E-state index contributed by atoms with van der Waals surface area (Å²) in [5.74, 6) is 0.129. The monoisotopic (exact) mass is 330 g/mol. The summed E-state index contributed by atoms with van der Waals surface area (Å²) in [6.07, 6.45) is 9.35. The molecule has 1 aromatic heterocycles. The Morgan fingerprint density at radius 2 is 2.00 bits per heavy atom. The molecule has 4 aliphatic carbocycles. The van der Waals surface area contributed by atoms with Gasteiger partial charge >= 0.3 is 0 Å². The maximum absolute atomic E-state index is 11.7. The number of anilines is 1. The van der Waals surface area contributed by atoms with Crippen LogP contribution < -0.4 is 11.1 Å². The van der Waals surface area contributed by atoms with E-state index in [2.05, 4.69) is 22.2 Å². The Hall–Kier alpha value is -1.69. The van der Waals surface area contributed by atoms with Gasteiger partial charge < -0.3 is 16.2 Å². The zero-order chi connectivity index (χ0) is 16.9. The SMILES string of the molecule is CC12CC(Cc3nc(NC4CCC(O)CC4)ncc3C(N)=O)(C1)C2. The molecule has 0 spiro atoms. The maximum atomic E-state index is 11.7. The van der Waals surface area contributed by atoms with Gasteiger partial charge in [0.2, 0.25) is 5.95 Å². The van der Waals surface area contributed by atoms with Gasteiger partial charge in [-0.3, -0.25) is 4.79 Å². The van der Waals surface area contributed by atoms with Gasteiger partial charge in [0.15, 0.2) is 0 Å². The smallest absolute Gasteiger partial charge is 0.252 e. The highest BCUT2D eigenvalue weighted by Gasteiger charge is 2.64. The van der Waals surface area contributed by atoms with Crippen molar-refractivity contribution in [1.82, 2.24) is 9.97 Å². The number of carbonyl (C=O) groups excluding carboxylic acids is 1. The van der Waals surface area contributed by atoms with E-state index in [-0.39, 0.29) is 12.1 Å². The molecule has 1 aromatic rings. The zero-order valence-electron chi connectivity index (χ0n) is 14.2. The highest BCUT2D eigenvalue weighted by Crippen LogP contribution is 2.74. The summed E-state index contributed by atoms with van der Waals surface area (Å²) in [5.41, 5.74) is 7.62. The number of aliphatic hydroxyl groups is 1. The molecule has 5 rings (SSSR count). The summed E-state index contributed by atoms with van der Waals surface area (Å²) in [7, 11) is 0. The van der Waals surface area contributed by atoms with E-state index < -0.39 is 5.91 Å². The van der Waals surface area contributed by atoms with Crippen molar-refractivity contribution in [2.75, 3.05) is 5.32 Å². The van der Waals surface area contributed by atoms with Crippen LogP contribution in [0.4, 0.5) is 5.95 Å². The highest BCUT2D eigenvalue weighted by molar-refractivity contribution is 5.93. The van der Waals surface area contributed by atoms with Crippen molar-refractivity contribution in [1.29, 1.82) is 0 Å². The summed E-state index contributed by atoms with van der Waals surface area (Å²) >= 11 is 0. The number of nitrogens with zero attached hydrogens (tertiary/aromatic N) is 2. The molecule has 0 unspecified atom stereocenters. The predicted octanol–water partition coefficient (Wildman–Crippen LogP) is 2.02. The number of carbonyl (C=O) groups is 1. The van der Waals surface area contributed by atoms with Crippen LogP contribution in [-0.2, 0) is 6.42 Å². The molecule has 6 nitrogen and oxygen atoms in total. The molecule has 0 radical (unpaired) electrons. The van der Waals surface area contributed by atoms with E-state index in [9.17, 15) is 9.90 Å². The Balaban J connectivity index is 1.49. The number of rotatable bonds is 5. The molecule has 4 aliphatic rings. The van der Waals surface area contributed by atoms with Crippen LogP contribution in [0.2, 0.25) is 0 Å². The Labute approximate surface area is 142 Å². The van der Waals surface area contributed by atoms with Gasteiger partial charge in [-0.1, -0.05) is 6.92 Å². The van der Waals surface area contributed by atoms with Gasteiger partial charge in [0.25, 0.3) is 5.91 Å². The van der Waals surface area contributed by atoms with Crippen molar-refractivity contribution in [2.24, 2.45) is 16.6 Å². The third-order valence-electron chi connectivity index (χ3n) is 6.11. The van der Waals surface area contributed by atoms with Gasteiger partial charge in [-0.05, 0) is 62.2 Å². The van der Waals surface area contributed by atoms with Crippen molar-refractivity contribution >= 4 is 11.9 Å². The Kier molecular flexibility index (Phi) is 3.56. The standard InChI is InChI=1S/C18H26N4O2/c1-17-8-18(9-17,10-17)6-14-13(15(19)24)7-20-16(22-14)21-11-2-4-12(23)5-3-11/h7,11-12,23H,2-6,8-10H2,1H3,(H2,19,24)(H,20,21,22). The molecule has 6 heteroatoms. The van der Waals surface area contributed by atoms with Crippen LogP contribution in [0.1, 0.15) is 67.9 Å². The van der Waals surface area contributed by atoms with E-state index >= 15 is 0 Å². The second-order valence-corrected chi connectivity index (χ2v) is 8.59. The Morgan fingerprint density at radius 3 is 2.58 bits per heavy atom. The van der Waals surface area contributed by atoms with Crippen LogP contribution >= 0.6 is 0 Å². The molecule has 0 aliphatic heterocycles. The lowest BCUT2D eigenvalue weighted by atomic mass is 9.35. The van der Waals surface area contributed by atoms with E-state index in [0.717, 1.165) is 37.8 Å². The quantitative estimate of drug-likeness (QED) is 0.767. The van der Waals surface area contributed by atoms with Crippen LogP contribution in [0.25, 0.3) is 0 Å². The molecule has 1 heterocycles. The molecule has 4 saturated carbocycles. The molecule has 130 valence electrons. The number of nitrogens with one attached hydrogen (secondary N) is 1. The number of primary amides is 1. The molecule has 0 aromatic carbocycles. The van der Waals surface area contributed by atoms with Crippen LogP contribution in [-0.4, -0.2) is 33.1 Å². The van der Waals surface area contributed by atoms with Crippen LogP contribution in [0.3, 0.4) is 0 Å². The maximum Gasteiger partial charge on any atom is 0.252 e.